The number of carbonyl (C=O) groups excluding carboxylic acids is 2. The van der Waals surface area contributed by atoms with Crippen molar-refractivity contribution in [3.05, 3.63) is 21.6 Å². The molecule has 0 saturated carbocycles. The van der Waals surface area contributed by atoms with Crippen molar-refractivity contribution < 1.29 is 14.3 Å². The van der Waals surface area contributed by atoms with E-state index in [9.17, 15) is 9.59 Å². The Hall–Kier alpha value is -0.670. The van der Waals surface area contributed by atoms with Gasteiger partial charge in [-0.2, -0.15) is 0 Å². The van der Waals surface area contributed by atoms with Gasteiger partial charge in [-0.05, 0) is 23.6 Å². The summed E-state index contributed by atoms with van der Waals surface area (Å²) in [6.45, 7) is 2.06. The highest BCUT2D eigenvalue weighted by molar-refractivity contribution is 9.11. The third-order valence-corrected chi connectivity index (χ3v) is 3.92. The summed E-state index contributed by atoms with van der Waals surface area (Å²) in [5.74, 6) is -0.220. The third kappa shape index (κ3) is 4.25. The van der Waals surface area contributed by atoms with Crippen molar-refractivity contribution in [2.75, 3.05) is 20.3 Å². The van der Waals surface area contributed by atoms with Crippen molar-refractivity contribution in [2.45, 2.75) is 12.8 Å². The van der Waals surface area contributed by atoms with Gasteiger partial charge >= 0.3 is 5.97 Å². The first-order valence-electron chi connectivity index (χ1n) is 5.20. The van der Waals surface area contributed by atoms with E-state index in [0.29, 0.717) is 20.6 Å². The van der Waals surface area contributed by atoms with E-state index in [1.165, 1.54) is 7.11 Å². The first kappa shape index (κ1) is 14.4. The van der Waals surface area contributed by atoms with Crippen LogP contribution in [0.3, 0.4) is 0 Å². The zero-order chi connectivity index (χ0) is 12.8. The summed E-state index contributed by atoms with van der Waals surface area (Å²) in [4.78, 5) is 22.8. The van der Waals surface area contributed by atoms with Gasteiger partial charge in [0.1, 0.15) is 6.54 Å². The molecule has 0 aromatic rings. The molecule has 1 unspecified atom stereocenters. The summed E-state index contributed by atoms with van der Waals surface area (Å²) in [7, 11) is 1.77. The summed E-state index contributed by atoms with van der Waals surface area (Å²) >= 11 is 3.41. The lowest BCUT2D eigenvalue weighted by atomic mass is 10.0. The molecular weight excluding hydrogens is 305 g/mol. The molecule has 94 valence electrons. The van der Waals surface area contributed by atoms with Gasteiger partial charge in [-0.25, -0.2) is 0 Å². The van der Waals surface area contributed by atoms with Gasteiger partial charge in [-0.1, -0.05) is 24.5 Å². The van der Waals surface area contributed by atoms with Crippen molar-refractivity contribution in [3.8, 4) is 0 Å². The SMILES string of the molecule is COC(=O)CNC(PC)=C1C=C(Br)CCC1=O. The molecule has 1 rings (SSSR count). The Labute approximate surface area is 111 Å². The van der Waals surface area contributed by atoms with Gasteiger partial charge in [0.05, 0.1) is 7.11 Å². The molecule has 0 spiro atoms. The summed E-state index contributed by atoms with van der Waals surface area (Å²) in [5.41, 5.74) is 1.49. The van der Waals surface area contributed by atoms with Crippen LogP contribution >= 0.6 is 24.5 Å². The molecule has 17 heavy (non-hydrogen) atoms. The maximum Gasteiger partial charge on any atom is 0.325 e. The van der Waals surface area contributed by atoms with Gasteiger partial charge in [0.15, 0.2) is 5.78 Å². The van der Waals surface area contributed by atoms with Gasteiger partial charge in [0.25, 0.3) is 0 Å². The largest absolute Gasteiger partial charge is 0.468 e. The minimum atomic E-state index is -0.340. The Bertz CT molecular complexity index is 390. The monoisotopic (exact) mass is 319 g/mol. The summed E-state index contributed by atoms with van der Waals surface area (Å²) in [6, 6.07) is 0. The number of esters is 1. The number of ether oxygens (including phenoxy) is 1. The Kier molecular flexibility index (Phi) is 5.86. The van der Waals surface area contributed by atoms with Gasteiger partial charge < -0.3 is 10.1 Å². The molecule has 0 radical (unpaired) electrons. The molecule has 1 N–H and O–H groups in total. The average molecular weight is 320 g/mol. The Morgan fingerprint density at radius 3 is 2.88 bits per heavy atom. The molecule has 1 aliphatic carbocycles. The molecule has 6 heteroatoms. The number of ketones is 1. The maximum absolute atomic E-state index is 11.8. The minimum Gasteiger partial charge on any atom is -0.468 e. The van der Waals surface area contributed by atoms with Crippen LogP contribution in [0.25, 0.3) is 0 Å². The number of allylic oxidation sites excluding steroid dienone is 3. The quantitative estimate of drug-likeness (QED) is 0.488. The van der Waals surface area contributed by atoms with Crippen LogP contribution in [0.2, 0.25) is 0 Å². The summed E-state index contributed by atoms with van der Waals surface area (Å²) < 4.78 is 5.57. The number of rotatable bonds is 4. The van der Waals surface area contributed by atoms with Crippen LogP contribution < -0.4 is 5.32 Å². The molecule has 4 nitrogen and oxygen atoms in total. The van der Waals surface area contributed by atoms with Gasteiger partial charge in [-0.3, -0.25) is 9.59 Å². The van der Waals surface area contributed by atoms with E-state index in [4.69, 9.17) is 0 Å². The highest BCUT2D eigenvalue weighted by atomic mass is 79.9. The second-order valence-electron chi connectivity index (χ2n) is 3.48. The zero-order valence-electron chi connectivity index (χ0n) is 9.80. The molecule has 0 fully saturated rings. The third-order valence-electron chi connectivity index (χ3n) is 2.35. The number of Topliss-reactive ketones (excluding diaryl/α,β-unsaturated/α-hetero) is 1. The average Bonchev–Trinajstić information content (AvgIpc) is 2.33. The molecular formula is C11H15BrNO3P. The predicted molar refractivity (Wildman–Crippen MR) is 72.5 cm³/mol. The number of methoxy groups -OCH3 is 1. The molecule has 0 aromatic carbocycles. The lowest BCUT2D eigenvalue weighted by molar-refractivity contribution is -0.139. The van der Waals surface area contributed by atoms with Gasteiger partial charge in [0, 0.05) is 17.4 Å². The minimum absolute atomic E-state index is 0.0922. The van der Waals surface area contributed by atoms with Crippen molar-refractivity contribution in [1.82, 2.24) is 5.32 Å². The van der Waals surface area contributed by atoms with Gasteiger partial charge in [0.2, 0.25) is 0 Å². The van der Waals surface area contributed by atoms with E-state index in [0.717, 1.165) is 16.3 Å². The summed E-state index contributed by atoms with van der Waals surface area (Å²) in [5, 5.41) is 2.97. The van der Waals surface area contributed by atoms with Crippen LogP contribution in [0.4, 0.5) is 0 Å². The van der Waals surface area contributed by atoms with Crippen LogP contribution in [0.5, 0.6) is 0 Å². The van der Waals surface area contributed by atoms with Crippen LogP contribution in [0.15, 0.2) is 21.6 Å². The number of hydrogen-bond acceptors (Lipinski definition) is 4. The highest BCUT2D eigenvalue weighted by Crippen LogP contribution is 2.29. The molecule has 0 heterocycles. The van der Waals surface area contributed by atoms with E-state index in [-0.39, 0.29) is 18.3 Å². The van der Waals surface area contributed by atoms with Crippen LogP contribution in [0.1, 0.15) is 12.8 Å². The van der Waals surface area contributed by atoms with E-state index in [1.807, 2.05) is 12.7 Å². The topological polar surface area (TPSA) is 55.4 Å². The van der Waals surface area contributed by atoms with Crippen molar-refractivity contribution in [3.63, 3.8) is 0 Å². The van der Waals surface area contributed by atoms with E-state index in [1.54, 1.807) is 0 Å². The smallest absolute Gasteiger partial charge is 0.325 e. The number of hydrogen-bond donors (Lipinski definition) is 1. The Morgan fingerprint density at radius 2 is 2.29 bits per heavy atom. The first-order chi connectivity index (χ1) is 8.08. The predicted octanol–water partition coefficient (Wildman–Crippen LogP) is 1.91. The molecule has 0 aliphatic heterocycles. The molecule has 0 bridgehead atoms. The molecule has 0 saturated heterocycles. The van der Waals surface area contributed by atoms with Crippen molar-refractivity contribution in [2.24, 2.45) is 0 Å². The molecule has 0 amide bonds. The normalized spacial score (nSPS) is 19.2. The fourth-order valence-electron chi connectivity index (χ4n) is 1.44. The van der Waals surface area contributed by atoms with E-state index < -0.39 is 0 Å². The first-order valence-corrected chi connectivity index (χ1v) is 7.49. The standard InChI is InChI=1S/C11H15BrNO3P/c1-16-10(15)6-13-11(17-2)8-5-7(12)3-4-9(8)14/h5,13,17H,3-4,6H2,1-2H3. The van der Waals surface area contributed by atoms with E-state index >= 15 is 0 Å². The number of halogens is 1. The fourth-order valence-corrected chi connectivity index (χ4v) is 2.61. The Balaban J connectivity index is 2.85. The second-order valence-corrected chi connectivity index (χ2v) is 5.50. The van der Waals surface area contributed by atoms with Crippen LogP contribution in [-0.4, -0.2) is 32.1 Å². The van der Waals surface area contributed by atoms with Crippen LogP contribution in [0, 0.1) is 0 Å². The van der Waals surface area contributed by atoms with E-state index in [2.05, 4.69) is 26.0 Å². The van der Waals surface area contributed by atoms with Crippen molar-refractivity contribution >= 4 is 36.3 Å². The number of nitrogens with one attached hydrogen (secondary N) is 1. The number of carbonyl (C=O) groups is 2. The highest BCUT2D eigenvalue weighted by Gasteiger charge is 2.18. The molecule has 1 aliphatic rings. The van der Waals surface area contributed by atoms with Crippen molar-refractivity contribution in [1.29, 1.82) is 0 Å². The second kappa shape index (κ2) is 6.92. The fraction of sp³-hybridized carbons (Fsp3) is 0.455. The lowest BCUT2D eigenvalue weighted by Gasteiger charge is -2.16. The maximum atomic E-state index is 11.8. The Morgan fingerprint density at radius 1 is 1.59 bits per heavy atom. The summed E-state index contributed by atoms with van der Waals surface area (Å²) in [6.07, 6.45) is 3.10. The molecule has 0 aromatic heterocycles. The van der Waals surface area contributed by atoms with Gasteiger partial charge in [-0.15, -0.1) is 0 Å². The van der Waals surface area contributed by atoms with Crippen LogP contribution in [-0.2, 0) is 14.3 Å². The lowest BCUT2D eigenvalue weighted by Crippen LogP contribution is -2.24. The zero-order valence-corrected chi connectivity index (χ0v) is 12.4. The molecule has 1 atom stereocenters.